The van der Waals surface area contributed by atoms with Crippen LogP contribution in [-0.2, 0) is 10.2 Å². The number of benzene rings is 1. The van der Waals surface area contributed by atoms with Gasteiger partial charge in [0.25, 0.3) is 0 Å². The van der Waals surface area contributed by atoms with Crippen molar-refractivity contribution in [3.8, 4) is 17.6 Å². The van der Waals surface area contributed by atoms with Gasteiger partial charge >= 0.3 is 0 Å². The molecule has 0 aliphatic heterocycles. The number of nitriles is 1. The molecule has 0 saturated heterocycles. The molecule has 1 rings (SSSR count). The Kier molecular flexibility index (Phi) is 6.23. The maximum Gasteiger partial charge on any atom is 0.161 e. The van der Waals surface area contributed by atoms with Crippen LogP contribution in [0.25, 0.3) is 0 Å². The molecule has 0 bridgehead atoms. The predicted octanol–water partition coefficient (Wildman–Crippen LogP) is 3.49. The normalized spacial score (nSPS) is 14.6. The minimum absolute atomic E-state index is 0.139. The van der Waals surface area contributed by atoms with Crippen molar-refractivity contribution in [2.45, 2.75) is 38.5 Å². The second-order valence-electron chi connectivity index (χ2n) is 5.17. The van der Waals surface area contributed by atoms with Gasteiger partial charge < -0.3 is 14.3 Å². The molecule has 4 heteroatoms. The van der Waals surface area contributed by atoms with Crippen LogP contribution in [-0.4, -0.2) is 20.5 Å². The Bertz CT molecular complexity index is 521. The van der Waals surface area contributed by atoms with E-state index in [0.717, 1.165) is 18.3 Å². The van der Waals surface area contributed by atoms with E-state index in [0.29, 0.717) is 24.3 Å². The Morgan fingerprint density at radius 1 is 1.33 bits per heavy atom. The minimum atomic E-state index is -0.685. The zero-order valence-electron chi connectivity index (χ0n) is 13.2. The van der Waals surface area contributed by atoms with E-state index in [4.69, 9.17) is 9.47 Å². The van der Waals surface area contributed by atoms with Crippen LogP contribution in [0.5, 0.6) is 11.5 Å². The third-order valence-electron chi connectivity index (χ3n) is 4.21. The Morgan fingerprint density at radius 2 is 2.00 bits per heavy atom. The lowest BCUT2D eigenvalue weighted by Gasteiger charge is -2.33. The van der Waals surface area contributed by atoms with E-state index in [1.807, 2.05) is 25.1 Å². The van der Waals surface area contributed by atoms with Crippen molar-refractivity contribution in [3.05, 3.63) is 23.8 Å². The lowest BCUT2D eigenvalue weighted by Crippen LogP contribution is -2.32. The lowest BCUT2D eigenvalue weighted by molar-refractivity contribution is -0.108. The molecule has 21 heavy (non-hydrogen) atoms. The van der Waals surface area contributed by atoms with Gasteiger partial charge in [0.15, 0.2) is 11.5 Å². The van der Waals surface area contributed by atoms with Gasteiger partial charge in [0.05, 0.1) is 25.7 Å². The smallest absolute Gasteiger partial charge is 0.161 e. The Morgan fingerprint density at radius 3 is 2.48 bits per heavy atom. The maximum atomic E-state index is 10.8. The number of hydrogen-bond donors (Lipinski definition) is 0. The van der Waals surface area contributed by atoms with Crippen LogP contribution < -0.4 is 9.47 Å². The highest BCUT2D eigenvalue weighted by Crippen LogP contribution is 2.41. The van der Waals surface area contributed by atoms with Crippen LogP contribution in [0.1, 0.15) is 38.7 Å². The first kappa shape index (κ1) is 17.0. The quantitative estimate of drug-likeness (QED) is 0.687. The second kappa shape index (κ2) is 7.68. The average molecular weight is 289 g/mol. The number of ether oxygens (including phenoxy) is 2. The van der Waals surface area contributed by atoms with Crippen LogP contribution in [0.4, 0.5) is 0 Å². The van der Waals surface area contributed by atoms with E-state index in [1.54, 1.807) is 14.2 Å². The van der Waals surface area contributed by atoms with E-state index in [1.165, 1.54) is 0 Å². The first-order valence-corrected chi connectivity index (χ1v) is 7.17. The molecular formula is C17H23NO3. The summed E-state index contributed by atoms with van der Waals surface area (Å²) in [5, 5.41) is 9.81. The van der Waals surface area contributed by atoms with Crippen molar-refractivity contribution in [2.24, 2.45) is 5.92 Å². The molecule has 1 aromatic carbocycles. The highest BCUT2D eigenvalue weighted by Gasteiger charge is 2.37. The number of carbonyl (C=O) groups excluding carboxylic acids is 1. The highest BCUT2D eigenvalue weighted by molar-refractivity contribution is 5.52. The molecule has 0 radical (unpaired) electrons. The zero-order valence-corrected chi connectivity index (χ0v) is 13.2. The lowest BCUT2D eigenvalue weighted by atomic mass is 9.68. The third kappa shape index (κ3) is 3.36. The minimum Gasteiger partial charge on any atom is -0.493 e. The Labute approximate surface area is 126 Å². The van der Waals surface area contributed by atoms with Crippen molar-refractivity contribution in [1.29, 1.82) is 5.26 Å². The monoisotopic (exact) mass is 289 g/mol. The largest absolute Gasteiger partial charge is 0.493 e. The summed E-state index contributed by atoms with van der Waals surface area (Å²) >= 11 is 0. The zero-order chi connectivity index (χ0) is 15.9. The Hall–Kier alpha value is -2.02. The van der Waals surface area contributed by atoms with Crippen molar-refractivity contribution in [1.82, 2.24) is 0 Å². The molecule has 0 N–H and O–H groups in total. The molecule has 0 saturated carbocycles. The highest BCUT2D eigenvalue weighted by atomic mass is 16.5. The SMILES string of the molecule is CCC(C)C(C#N)(CCC=O)c1ccc(OC)c(OC)c1. The van der Waals surface area contributed by atoms with Gasteiger partial charge in [-0.2, -0.15) is 5.26 Å². The van der Waals surface area contributed by atoms with Crippen LogP contribution in [0.15, 0.2) is 18.2 Å². The molecule has 0 aliphatic carbocycles. The first-order chi connectivity index (χ1) is 10.1. The molecule has 0 aromatic heterocycles. The summed E-state index contributed by atoms with van der Waals surface area (Å²) in [6.45, 7) is 4.10. The summed E-state index contributed by atoms with van der Waals surface area (Å²) in [6, 6.07) is 8.00. The van der Waals surface area contributed by atoms with Gasteiger partial charge in [-0.25, -0.2) is 0 Å². The van der Waals surface area contributed by atoms with E-state index < -0.39 is 5.41 Å². The number of rotatable bonds is 8. The van der Waals surface area contributed by atoms with Gasteiger partial charge in [0.2, 0.25) is 0 Å². The fraction of sp³-hybridized carbons (Fsp3) is 0.529. The molecular weight excluding hydrogens is 266 g/mol. The van der Waals surface area contributed by atoms with Crippen molar-refractivity contribution in [2.75, 3.05) is 14.2 Å². The standard InChI is InChI=1S/C17H23NO3/c1-5-13(2)17(12-18,9-6-10-19)14-7-8-15(20-3)16(11-14)21-4/h7-8,10-11,13H,5-6,9H2,1-4H3. The number of methoxy groups -OCH3 is 2. The van der Waals surface area contributed by atoms with Crippen LogP contribution >= 0.6 is 0 Å². The van der Waals surface area contributed by atoms with Crippen molar-refractivity contribution < 1.29 is 14.3 Å². The van der Waals surface area contributed by atoms with Crippen molar-refractivity contribution in [3.63, 3.8) is 0 Å². The molecule has 0 aliphatic rings. The van der Waals surface area contributed by atoms with Crippen LogP contribution in [0, 0.1) is 17.2 Å². The molecule has 0 amide bonds. The van der Waals surface area contributed by atoms with E-state index in [-0.39, 0.29) is 5.92 Å². The van der Waals surface area contributed by atoms with E-state index in [2.05, 4.69) is 13.0 Å². The molecule has 2 unspecified atom stereocenters. The summed E-state index contributed by atoms with van der Waals surface area (Å²) in [7, 11) is 3.15. The topological polar surface area (TPSA) is 59.3 Å². The maximum absolute atomic E-state index is 10.8. The molecule has 0 fully saturated rings. The van der Waals surface area contributed by atoms with Crippen LogP contribution in [0.2, 0.25) is 0 Å². The summed E-state index contributed by atoms with van der Waals surface area (Å²) in [5.74, 6) is 1.37. The second-order valence-corrected chi connectivity index (χ2v) is 5.17. The number of aldehydes is 1. The van der Waals surface area contributed by atoms with Gasteiger partial charge in [-0.15, -0.1) is 0 Å². The van der Waals surface area contributed by atoms with Gasteiger partial charge in [0, 0.05) is 6.42 Å². The van der Waals surface area contributed by atoms with Gasteiger partial charge in [-0.3, -0.25) is 0 Å². The summed E-state index contributed by atoms with van der Waals surface area (Å²) in [5.41, 5.74) is 0.189. The van der Waals surface area contributed by atoms with Gasteiger partial charge in [0.1, 0.15) is 6.29 Å². The predicted molar refractivity (Wildman–Crippen MR) is 81.6 cm³/mol. The molecule has 114 valence electrons. The number of carbonyl (C=O) groups is 1. The fourth-order valence-electron chi connectivity index (χ4n) is 2.65. The molecule has 2 atom stereocenters. The first-order valence-electron chi connectivity index (χ1n) is 7.17. The molecule has 4 nitrogen and oxygen atoms in total. The molecule has 0 spiro atoms. The summed E-state index contributed by atoms with van der Waals surface area (Å²) in [4.78, 5) is 10.8. The Balaban J connectivity index is 3.38. The fourth-order valence-corrected chi connectivity index (χ4v) is 2.65. The number of nitrogens with zero attached hydrogens (tertiary/aromatic N) is 1. The molecule has 0 heterocycles. The van der Waals surface area contributed by atoms with Gasteiger partial charge in [-0.05, 0) is 30.0 Å². The summed E-state index contributed by atoms with van der Waals surface area (Å²) < 4.78 is 10.6. The van der Waals surface area contributed by atoms with E-state index >= 15 is 0 Å². The van der Waals surface area contributed by atoms with Gasteiger partial charge in [-0.1, -0.05) is 26.3 Å². The number of hydrogen-bond acceptors (Lipinski definition) is 4. The van der Waals surface area contributed by atoms with E-state index in [9.17, 15) is 10.1 Å². The van der Waals surface area contributed by atoms with Crippen LogP contribution in [0.3, 0.4) is 0 Å². The average Bonchev–Trinajstić information content (AvgIpc) is 2.55. The van der Waals surface area contributed by atoms with Crippen molar-refractivity contribution >= 4 is 6.29 Å². The third-order valence-corrected chi connectivity index (χ3v) is 4.21. The molecule has 1 aromatic rings. The summed E-state index contributed by atoms with van der Waals surface area (Å²) in [6.07, 6.45) is 2.61.